The molecule has 0 aliphatic rings. The minimum absolute atomic E-state index is 0.146. The van der Waals surface area contributed by atoms with Crippen molar-refractivity contribution in [3.63, 3.8) is 0 Å². The van der Waals surface area contributed by atoms with Gasteiger partial charge in [0.1, 0.15) is 6.04 Å². The molecule has 0 unspecified atom stereocenters. The van der Waals surface area contributed by atoms with Crippen LogP contribution in [0.3, 0.4) is 0 Å². The van der Waals surface area contributed by atoms with E-state index in [1.807, 2.05) is 0 Å². The van der Waals surface area contributed by atoms with Gasteiger partial charge in [0.15, 0.2) is 0 Å². The highest BCUT2D eigenvalue weighted by molar-refractivity contribution is 7.80. The molecule has 0 aliphatic carbocycles. The first kappa shape index (κ1) is 11.2. The molecular formula is C6H12N2O3S. The quantitative estimate of drug-likeness (QED) is 0.334. The van der Waals surface area contributed by atoms with Crippen molar-refractivity contribution in [2.75, 3.05) is 12.4 Å². The summed E-state index contributed by atoms with van der Waals surface area (Å²) in [5.74, 6) is -0.990. The van der Waals surface area contributed by atoms with Crippen molar-refractivity contribution in [2.45, 2.75) is 13.0 Å². The fourth-order valence-corrected chi connectivity index (χ4v) is 0.814. The van der Waals surface area contributed by atoms with Crippen molar-refractivity contribution in [2.24, 2.45) is 0 Å². The Kier molecular flexibility index (Phi) is 5.48. The van der Waals surface area contributed by atoms with Crippen LogP contribution in [0.2, 0.25) is 0 Å². The van der Waals surface area contributed by atoms with Crippen LogP contribution in [0.5, 0.6) is 0 Å². The van der Waals surface area contributed by atoms with E-state index < -0.39 is 12.0 Å². The first-order chi connectivity index (χ1) is 5.57. The maximum absolute atomic E-state index is 10.4. The molecule has 0 heterocycles. The second kappa shape index (κ2) is 5.84. The highest BCUT2D eigenvalue weighted by Crippen LogP contribution is 1.86. The van der Waals surface area contributed by atoms with Crippen LogP contribution in [-0.2, 0) is 9.59 Å². The topological polar surface area (TPSA) is 78.4 Å². The molecule has 0 fully saturated rings. The summed E-state index contributed by atoms with van der Waals surface area (Å²) in [7, 11) is 0. The zero-order chi connectivity index (χ0) is 9.56. The molecule has 3 N–H and O–H groups in total. The number of carboxylic acid groups (broad SMARTS) is 1. The number of carbonyl (C=O) groups excluding carboxylic acids is 1. The van der Waals surface area contributed by atoms with Crippen LogP contribution in [0.1, 0.15) is 6.92 Å². The molecule has 0 bridgehead atoms. The second-order valence-corrected chi connectivity index (χ2v) is 2.55. The average molecular weight is 192 g/mol. The fourth-order valence-electron chi connectivity index (χ4n) is 0.529. The molecule has 12 heavy (non-hydrogen) atoms. The molecule has 70 valence electrons. The van der Waals surface area contributed by atoms with Gasteiger partial charge in [-0.1, -0.05) is 0 Å². The smallest absolute Gasteiger partial charge is 0.321 e. The molecular weight excluding hydrogens is 180 g/mol. The van der Waals surface area contributed by atoms with Gasteiger partial charge in [-0.25, -0.2) is 0 Å². The van der Waals surface area contributed by atoms with Crippen LogP contribution in [0.4, 0.5) is 0 Å². The summed E-state index contributed by atoms with van der Waals surface area (Å²) >= 11 is 3.82. The van der Waals surface area contributed by atoms with Crippen molar-refractivity contribution in [3.8, 4) is 0 Å². The van der Waals surface area contributed by atoms with E-state index in [0.29, 0.717) is 0 Å². The van der Waals surface area contributed by atoms with Crippen molar-refractivity contribution in [1.82, 2.24) is 10.6 Å². The number of carbonyl (C=O) groups is 2. The molecule has 0 saturated heterocycles. The van der Waals surface area contributed by atoms with Gasteiger partial charge in [-0.2, -0.15) is 12.6 Å². The van der Waals surface area contributed by atoms with Crippen molar-refractivity contribution >= 4 is 24.5 Å². The monoisotopic (exact) mass is 192 g/mol. The van der Waals surface area contributed by atoms with E-state index in [2.05, 4.69) is 23.3 Å². The van der Waals surface area contributed by atoms with E-state index >= 15 is 0 Å². The summed E-state index contributed by atoms with van der Waals surface area (Å²) in [4.78, 5) is 20.7. The third-order valence-electron chi connectivity index (χ3n) is 1.17. The minimum atomic E-state index is -0.977. The molecule has 1 atom stereocenters. The summed E-state index contributed by atoms with van der Waals surface area (Å²) in [6, 6.07) is -0.722. The molecule has 0 aromatic carbocycles. The highest BCUT2D eigenvalue weighted by atomic mass is 32.1. The number of aliphatic carboxylic acids is 1. The number of nitrogens with one attached hydrogen (secondary N) is 2. The van der Waals surface area contributed by atoms with Crippen LogP contribution < -0.4 is 10.6 Å². The molecule has 0 radical (unpaired) electrons. The molecule has 0 aromatic heterocycles. The van der Waals surface area contributed by atoms with E-state index in [4.69, 9.17) is 5.11 Å². The lowest BCUT2D eigenvalue weighted by atomic mass is 10.3. The summed E-state index contributed by atoms with van der Waals surface area (Å²) in [6.45, 7) is 1.50. The van der Waals surface area contributed by atoms with Gasteiger partial charge in [0.2, 0.25) is 5.91 Å². The molecule has 0 saturated carbocycles. The summed E-state index contributed by atoms with van der Waals surface area (Å²) in [5, 5.41) is 13.5. The standard InChI is InChI=1S/C6H12N2O3S/c1-4(9)7-3-8-5(2-12)6(10)11/h5,8,12H,2-3H2,1H3,(H,7,9)(H,10,11)/t5-/m1/s1. The van der Waals surface area contributed by atoms with Crippen LogP contribution in [0, 0.1) is 0 Å². The number of amides is 1. The number of hydrogen-bond acceptors (Lipinski definition) is 4. The van der Waals surface area contributed by atoms with Crippen molar-refractivity contribution in [3.05, 3.63) is 0 Å². The maximum Gasteiger partial charge on any atom is 0.321 e. The van der Waals surface area contributed by atoms with E-state index in [1.54, 1.807) is 0 Å². The Balaban J connectivity index is 3.59. The maximum atomic E-state index is 10.4. The number of rotatable bonds is 5. The second-order valence-electron chi connectivity index (χ2n) is 2.19. The first-order valence-corrected chi connectivity index (χ1v) is 4.02. The zero-order valence-corrected chi connectivity index (χ0v) is 7.60. The molecule has 0 aromatic rings. The van der Waals surface area contributed by atoms with Crippen LogP contribution in [-0.4, -0.2) is 35.4 Å². The zero-order valence-electron chi connectivity index (χ0n) is 6.70. The molecule has 5 nitrogen and oxygen atoms in total. The minimum Gasteiger partial charge on any atom is -0.480 e. The van der Waals surface area contributed by atoms with Crippen molar-refractivity contribution < 1.29 is 14.7 Å². The van der Waals surface area contributed by atoms with Gasteiger partial charge in [0, 0.05) is 12.7 Å². The third-order valence-corrected chi connectivity index (χ3v) is 1.53. The van der Waals surface area contributed by atoms with Gasteiger partial charge in [0.05, 0.1) is 6.67 Å². The average Bonchev–Trinajstić information content (AvgIpc) is 1.96. The Labute approximate surface area is 75.9 Å². The Hall–Kier alpha value is -0.750. The number of carboxylic acids is 1. The lowest BCUT2D eigenvalue weighted by Crippen LogP contribution is -2.44. The van der Waals surface area contributed by atoms with Gasteiger partial charge in [-0.15, -0.1) is 0 Å². The van der Waals surface area contributed by atoms with Gasteiger partial charge >= 0.3 is 5.97 Å². The molecule has 6 heteroatoms. The van der Waals surface area contributed by atoms with Crippen LogP contribution in [0.15, 0.2) is 0 Å². The largest absolute Gasteiger partial charge is 0.480 e. The predicted octanol–water partition coefficient (Wildman–Crippen LogP) is -0.947. The van der Waals surface area contributed by atoms with E-state index in [1.165, 1.54) is 6.92 Å². The van der Waals surface area contributed by atoms with Gasteiger partial charge in [-0.05, 0) is 0 Å². The lowest BCUT2D eigenvalue weighted by Gasteiger charge is -2.11. The Bertz CT molecular complexity index is 174. The Morgan fingerprint density at radius 2 is 2.17 bits per heavy atom. The molecule has 0 rings (SSSR count). The summed E-state index contributed by atoms with van der Waals surface area (Å²) in [6.07, 6.45) is 0. The normalized spacial score (nSPS) is 12.2. The number of hydrogen-bond donors (Lipinski definition) is 4. The lowest BCUT2D eigenvalue weighted by molar-refractivity contribution is -0.139. The van der Waals surface area contributed by atoms with Crippen molar-refractivity contribution in [1.29, 1.82) is 0 Å². The SMILES string of the molecule is CC(=O)NCN[C@H](CS)C(=O)O. The van der Waals surface area contributed by atoms with E-state index in [0.717, 1.165) is 0 Å². The highest BCUT2D eigenvalue weighted by Gasteiger charge is 2.13. The predicted molar refractivity (Wildman–Crippen MR) is 47.1 cm³/mol. The molecule has 1 amide bonds. The molecule has 0 spiro atoms. The summed E-state index contributed by atoms with van der Waals surface area (Å²) in [5.41, 5.74) is 0. The fraction of sp³-hybridized carbons (Fsp3) is 0.667. The number of thiol groups is 1. The third kappa shape index (κ3) is 4.97. The van der Waals surface area contributed by atoms with E-state index in [-0.39, 0.29) is 18.3 Å². The van der Waals surface area contributed by atoms with Crippen LogP contribution in [0.25, 0.3) is 0 Å². The molecule has 0 aliphatic heterocycles. The Morgan fingerprint density at radius 1 is 1.58 bits per heavy atom. The van der Waals surface area contributed by atoms with E-state index in [9.17, 15) is 9.59 Å². The summed E-state index contributed by atoms with van der Waals surface area (Å²) < 4.78 is 0. The van der Waals surface area contributed by atoms with Gasteiger partial charge in [-0.3, -0.25) is 14.9 Å². The van der Waals surface area contributed by atoms with Crippen LogP contribution >= 0.6 is 12.6 Å². The first-order valence-electron chi connectivity index (χ1n) is 3.39. The van der Waals surface area contributed by atoms with Gasteiger partial charge < -0.3 is 10.4 Å². The van der Waals surface area contributed by atoms with Gasteiger partial charge in [0.25, 0.3) is 0 Å². The Morgan fingerprint density at radius 3 is 2.50 bits per heavy atom.